The minimum Gasteiger partial charge on any atom is -0.318 e. The van der Waals surface area contributed by atoms with Crippen molar-refractivity contribution in [3.63, 3.8) is 0 Å². The predicted octanol–water partition coefficient (Wildman–Crippen LogP) is 4.36. The quantitative estimate of drug-likeness (QED) is 0.856. The van der Waals surface area contributed by atoms with Gasteiger partial charge in [0.05, 0.1) is 6.04 Å². The third-order valence-corrected chi connectivity index (χ3v) is 4.72. The van der Waals surface area contributed by atoms with E-state index in [1.165, 1.54) is 35.4 Å². The Morgan fingerprint density at radius 2 is 1.70 bits per heavy atom. The van der Waals surface area contributed by atoms with Crippen molar-refractivity contribution in [3.05, 3.63) is 58.9 Å². The molecular weight excluding hydrogens is 244 g/mol. The average Bonchev–Trinajstić information content (AvgIpc) is 2.73. The topological polar surface area (TPSA) is 17.0 Å². The number of hydrogen-bond acceptors (Lipinski definition) is 1. The van der Waals surface area contributed by atoms with Crippen LogP contribution >= 0.6 is 0 Å². The maximum atomic E-state index is 3.76. The number of rotatable bonds is 2. The molecule has 0 amide bonds. The molecule has 1 aliphatic carbocycles. The largest absolute Gasteiger partial charge is 0.318 e. The first-order valence-electron chi connectivity index (χ1n) is 7.48. The molecule has 3 rings (SSSR count). The molecule has 1 aromatic heterocycles. The molecule has 1 atom stereocenters. The highest BCUT2D eigenvalue weighted by molar-refractivity contribution is 5.36. The second-order valence-corrected chi connectivity index (χ2v) is 6.70. The summed E-state index contributed by atoms with van der Waals surface area (Å²) in [5, 5.41) is 0. The fourth-order valence-electron chi connectivity index (χ4n) is 3.31. The Kier molecular flexibility index (Phi) is 3.12. The van der Waals surface area contributed by atoms with Crippen molar-refractivity contribution >= 4 is 0 Å². The van der Waals surface area contributed by atoms with Gasteiger partial charge in [0.15, 0.2) is 0 Å². The molecule has 0 bridgehead atoms. The molecule has 0 fully saturated rings. The SMILES string of the molecule is Cc1ccc(C)n1NC1c2ccccc2CCC1(C)C. The zero-order valence-corrected chi connectivity index (χ0v) is 12.9. The van der Waals surface area contributed by atoms with Gasteiger partial charge in [-0.2, -0.15) is 0 Å². The molecule has 20 heavy (non-hydrogen) atoms. The van der Waals surface area contributed by atoms with Crippen LogP contribution in [0.5, 0.6) is 0 Å². The van der Waals surface area contributed by atoms with Crippen molar-refractivity contribution in [3.8, 4) is 0 Å². The molecule has 1 unspecified atom stereocenters. The first-order valence-corrected chi connectivity index (χ1v) is 7.48. The molecule has 106 valence electrons. The van der Waals surface area contributed by atoms with Gasteiger partial charge in [-0.3, -0.25) is 4.68 Å². The van der Waals surface area contributed by atoms with Gasteiger partial charge in [-0.05, 0) is 55.4 Å². The molecule has 0 spiro atoms. The lowest BCUT2D eigenvalue weighted by Gasteiger charge is -2.41. The highest BCUT2D eigenvalue weighted by Gasteiger charge is 2.36. The van der Waals surface area contributed by atoms with Gasteiger partial charge >= 0.3 is 0 Å². The molecule has 0 radical (unpaired) electrons. The van der Waals surface area contributed by atoms with E-state index in [1.54, 1.807) is 0 Å². The Morgan fingerprint density at radius 1 is 1.05 bits per heavy atom. The Morgan fingerprint density at radius 3 is 2.40 bits per heavy atom. The average molecular weight is 268 g/mol. The van der Waals surface area contributed by atoms with E-state index < -0.39 is 0 Å². The van der Waals surface area contributed by atoms with E-state index >= 15 is 0 Å². The van der Waals surface area contributed by atoms with Crippen LogP contribution in [0.3, 0.4) is 0 Å². The smallest absolute Gasteiger partial charge is 0.0727 e. The van der Waals surface area contributed by atoms with Gasteiger partial charge in [-0.15, -0.1) is 0 Å². The van der Waals surface area contributed by atoms with Crippen LogP contribution in [-0.2, 0) is 6.42 Å². The lowest BCUT2D eigenvalue weighted by atomic mass is 9.70. The maximum Gasteiger partial charge on any atom is 0.0727 e. The van der Waals surface area contributed by atoms with Gasteiger partial charge < -0.3 is 5.43 Å². The highest BCUT2D eigenvalue weighted by Crippen LogP contribution is 2.44. The summed E-state index contributed by atoms with van der Waals surface area (Å²) in [6.45, 7) is 9.05. The van der Waals surface area contributed by atoms with Gasteiger partial charge in [-0.1, -0.05) is 38.1 Å². The number of nitrogens with one attached hydrogen (secondary N) is 1. The number of aryl methyl sites for hydroxylation is 3. The van der Waals surface area contributed by atoms with Crippen molar-refractivity contribution in [1.82, 2.24) is 4.68 Å². The van der Waals surface area contributed by atoms with Crippen molar-refractivity contribution in [2.45, 2.75) is 46.6 Å². The highest BCUT2D eigenvalue weighted by atomic mass is 15.4. The molecule has 2 aromatic rings. The third kappa shape index (κ3) is 2.13. The Hall–Kier alpha value is -1.70. The zero-order chi connectivity index (χ0) is 14.3. The Bertz CT molecular complexity index is 603. The number of fused-ring (bicyclic) bond motifs is 1. The number of hydrogen-bond donors (Lipinski definition) is 1. The standard InChI is InChI=1S/C18H24N2/c1-13-9-10-14(2)20(13)19-17-16-8-6-5-7-15(16)11-12-18(17,3)4/h5-10,17,19H,11-12H2,1-4H3. The summed E-state index contributed by atoms with van der Waals surface area (Å²) in [5.41, 5.74) is 9.50. The molecule has 0 saturated carbocycles. The summed E-state index contributed by atoms with van der Waals surface area (Å²) >= 11 is 0. The van der Waals surface area contributed by atoms with Crippen LogP contribution < -0.4 is 5.43 Å². The lowest BCUT2D eigenvalue weighted by molar-refractivity contribution is 0.251. The van der Waals surface area contributed by atoms with Gasteiger partial charge in [-0.25, -0.2) is 0 Å². The van der Waals surface area contributed by atoms with Crippen LogP contribution in [0.1, 0.15) is 48.8 Å². The summed E-state index contributed by atoms with van der Waals surface area (Å²) in [7, 11) is 0. The van der Waals surface area contributed by atoms with E-state index in [4.69, 9.17) is 0 Å². The Labute approximate surface area is 121 Å². The van der Waals surface area contributed by atoms with E-state index in [2.05, 4.69) is 74.2 Å². The number of aromatic nitrogens is 1. The van der Waals surface area contributed by atoms with Gasteiger partial charge in [0.2, 0.25) is 0 Å². The van der Waals surface area contributed by atoms with Gasteiger partial charge in [0.1, 0.15) is 0 Å². The molecule has 0 saturated heterocycles. The molecule has 1 heterocycles. The molecular formula is C18H24N2. The number of benzene rings is 1. The first kappa shape index (κ1) is 13.3. The summed E-state index contributed by atoms with van der Waals surface area (Å²) in [4.78, 5) is 0. The van der Waals surface area contributed by atoms with Crippen LogP contribution in [0.25, 0.3) is 0 Å². The zero-order valence-electron chi connectivity index (χ0n) is 12.9. The van der Waals surface area contributed by atoms with E-state index in [1.807, 2.05) is 0 Å². The second-order valence-electron chi connectivity index (χ2n) is 6.70. The lowest BCUT2D eigenvalue weighted by Crippen LogP contribution is -2.37. The van der Waals surface area contributed by atoms with Crippen molar-refractivity contribution in [1.29, 1.82) is 0 Å². The van der Waals surface area contributed by atoms with Crippen LogP contribution in [0, 0.1) is 19.3 Å². The third-order valence-electron chi connectivity index (χ3n) is 4.72. The fraction of sp³-hybridized carbons (Fsp3) is 0.444. The normalized spacial score (nSPS) is 20.5. The summed E-state index contributed by atoms with van der Waals surface area (Å²) in [6, 6.07) is 13.6. The van der Waals surface area contributed by atoms with Gasteiger partial charge in [0.25, 0.3) is 0 Å². The minimum atomic E-state index is 0.261. The van der Waals surface area contributed by atoms with Crippen molar-refractivity contribution in [2.75, 3.05) is 5.43 Å². The predicted molar refractivity (Wildman–Crippen MR) is 84.6 cm³/mol. The molecule has 1 N–H and O–H groups in total. The maximum absolute atomic E-state index is 3.76. The summed E-state index contributed by atoms with van der Waals surface area (Å²) in [5.74, 6) is 0. The van der Waals surface area contributed by atoms with E-state index in [0.717, 1.165) is 0 Å². The van der Waals surface area contributed by atoms with E-state index in [9.17, 15) is 0 Å². The van der Waals surface area contributed by atoms with Gasteiger partial charge in [0, 0.05) is 11.4 Å². The Balaban J connectivity index is 2.02. The van der Waals surface area contributed by atoms with Crippen LogP contribution in [0.4, 0.5) is 0 Å². The van der Waals surface area contributed by atoms with E-state index in [-0.39, 0.29) is 5.41 Å². The molecule has 2 heteroatoms. The van der Waals surface area contributed by atoms with Crippen LogP contribution in [0.2, 0.25) is 0 Å². The molecule has 0 aliphatic heterocycles. The van der Waals surface area contributed by atoms with Crippen LogP contribution in [0.15, 0.2) is 36.4 Å². The van der Waals surface area contributed by atoms with Crippen molar-refractivity contribution < 1.29 is 0 Å². The second kappa shape index (κ2) is 4.69. The molecule has 1 aliphatic rings. The van der Waals surface area contributed by atoms with E-state index in [0.29, 0.717) is 6.04 Å². The fourth-order valence-corrected chi connectivity index (χ4v) is 3.31. The molecule has 2 nitrogen and oxygen atoms in total. The summed E-state index contributed by atoms with van der Waals surface area (Å²) in [6.07, 6.45) is 2.41. The first-order chi connectivity index (χ1) is 9.49. The molecule has 1 aromatic carbocycles. The summed E-state index contributed by atoms with van der Waals surface area (Å²) < 4.78 is 2.23. The van der Waals surface area contributed by atoms with Crippen molar-refractivity contribution in [2.24, 2.45) is 5.41 Å². The monoisotopic (exact) mass is 268 g/mol. The minimum absolute atomic E-state index is 0.261. The van der Waals surface area contributed by atoms with Crippen LogP contribution in [-0.4, -0.2) is 4.68 Å². The number of nitrogens with zero attached hydrogens (tertiary/aromatic N) is 1.